The minimum absolute atomic E-state index is 0.474. The van der Waals surface area contributed by atoms with Gasteiger partial charge in [0.15, 0.2) is 6.73 Å². The predicted molar refractivity (Wildman–Crippen MR) is 94.0 cm³/mol. The van der Waals surface area contributed by atoms with E-state index in [1.165, 1.54) is 0 Å². The van der Waals surface area contributed by atoms with Gasteiger partial charge in [0.25, 0.3) is 0 Å². The summed E-state index contributed by atoms with van der Waals surface area (Å²) in [5.74, 6) is 3.33. The molecule has 0 aliphatic carbocycles. The molecule has 2 aromatic rings. The van der Waals surface area contributed by atoms with E-state index in [-0.39, 0.29) is 0 Å². The van der Waals surface area contributed by atoms with E-state index in [0.29, 0.717) is 30.1 Å². The molecule has 0 radical (unpaired) electrons. The monoisotopic (exact) mass is 329 g/mol. The summed E-state index contributed by atoms with van der Waals surface area (Å²) < 4.78 is 10.9. The number of benzene rings is 1. The predicted octanol–water partition coefficient (Wildman–Crippen LogP) is 3.14. The number of hydrogen-bond donors (Lipinski definition) is 2. The Kier molecular flexibility index (Phi) is 5.95. The lowest BCUT2D eigenvalue weighted by atomic mass is 10.1. The molecular weight excluding hydrogens is 306 g/mol. The van der Waals surface area contributed by atoms with Crippen LogP contribution in [-0.4, -0.2) is 28.8 Å². The van der Waals surface area contributed by atoms with Gasteiger partial charge in [-0.3, -0.25) is 0 Å². The summed E-state index contributed by atoms with van der Waals surface area (Å²) in [6.45, 7) is 8.14. The molecule has 0 amide bonds. The van der Waals surface area contributed by atoms with Crippen molar-refractivity contribution in [2.24, 2.45) is 0 Å². The van der Waals surface area contributed by atoms with E-state index in [2.05, 4.69) is 25.6 Å². The summed E-state index contributed by atoms with van der Waals surface area (Å²) in [4.78, 5) is 12.7. The van der Waals surface area contributed by atoms with Crippen molar-refractivity contribution >= 4 is 17.4 Å². The minimum Gasteiger partial charge on any atom is -0.496 e. The fourth-order valence-corrected chi connectivity index (χ4v) is 2.22. The Hall–Kier alpha value is -2.83. The van der Waals surface area contributed by atoms with Gasteiger partial charge < -0.3 is 20.1 Å². The van der Waals surface area contributed by atoms with Gasteiger partial charge in [0.05, 0.1) is 12.7 Å². The Bertz CT molecular complexity index is 711. The highest BCUT2D eigenvalue weighted by atomic mass is 16.5. The van der Waals surface area contributed by atoms with Crippen LogP contribution in [0.3, 0.4) is 0 Å². The summed E-state index contributed by atoms with van der Waals surface area (Å²) in [5.41, 5.74) is 1.72. The Balaban J connectivity index is 0.00000100. The highest BCUT2D eigenvalue weighted by Crippen LogP contribution is 2.31. The van der Waals surface area contributed by atoms with E-state index < -0.39 is 0 Å². The lowest BCUT2D eigenvalue weighted by Gasteiger charge is -2.12. The molecule has 0 spiro atoms. The first kappa shape index (κ1) is 17.5. The lowest BCUT2D eigenvalue weighted by Crippen LogP contribution is -2.03. The van der Waals surface area contributed by atoms with E-state index >= 15 is 0 Å². The molecule has 0 fully saturated rings. The van der Waals surface area contributed by atoms with Crippen molar-refractivity contribution in [3.63, 3.8) is 0 Å². The second kappa shape index (κ2) is 8.14. The minimum atomic E-state index is 0.474. The summed E-state index contributed by atoms with van der Waals surface area (Å²) in [7, 11) is 1.63. The van der Waals surface area contributed by atoms with E-state index in [0.717, 1.165) is 17.0 Å². The molecule has 3 rings (SSSR count). The van der Waals surface area contributed by atoms with Crippen LogP contribution in [0.25, 0.3) is 5.76 Å². The maximum Gasteiger partial charge on any atom is 0.230 e. The average molecular weight is 329 g/mol. The summed E-state index contributed by atoms with van der Waals surface area (Å²) in [6.07, 6.45) is 1.82. The first-order valence-electron chi connectivity index (χ1n) is 7.87. The van der Waals surface area contributed by atoms with Crippen LogP contribution in [0.15, 0.2) is 24.4 Å². The van der Waals surface area contributed by atoms with E-state index in [1.807, 2.05) is 52.1 Å². The Morgan fingerprint density at radius 3 is 2.42 bits per heavy atom. The van der Waals surface area contributed by atoms with Crippen LogP contribution < -0.4 is 15.4 Å². The van der Waals surface area contributed by atoms with Crippen LogP contribution in [0.5, 0.6) is 5.75 Å². The summed E-state index contributed by atoms with van der Waals surface area (Å²) >= 11 is 0. The third kappa shape index (κ3) is 4.13. The first-order chi connectivity index (χ1) is 11.7. The van der Waals surface area contributed by atoms with Crippen LogP contribution in [0, 0.1) is 13.8 Å². The molecule has 0 saturated heterocycles. The maximum atomic E-state index is 5.49. The quantitative estimate of drug-likeness (QED) is 0.891. The number of methoxy groups -OCH3 is 1. The molecule has 0 unspecified atom stereocenters. The molecule has 0 bridgehead atoms. The molecule has 2 N–H and O–H groups in total. The van der Waals surface area contributed by atoms with Gasteiger partial charge in [0, 0.05) is 18.0 Å². The van der Waals surface area contributed by atoms with Crippen LogP contribution in [-0.2, 0) is 4.74 Å². The summed E-state index contributed by atoms with van der Waals surface area (Å²) in [6, 6.07) is 5.74. The molecule has 7 heteroatoms. The van der Waals surface area contributed by atoms with Crippen LogP contribution >= 0.6 is 0 Å². The van der Waals surface area contributed by atoms with Gasteiger partial charge in [-0.15, -0.1) is 0 Å². The van der Waals surface area contributed by atoms with E-state index in [9.17, 15) is 0 Å². The van der Waals surface area contributed by atoms with Crippen molar-refractivity contribution in [1.29, 1.82) is 0 Å². The van der Waals surface area contributed by atoms with Crippen molar-refractivity contribution in [3.8, 4) is 5.75 Å². The second-order valence-electron chi connectivity index (χ2n) is 4.79. The SMILES string of the molecule is CC.COc1cc(Nc2nc(C)nc(C)n2)ccc1C1=CNCO1. The lowest BCUT2D eigenvalue weighted by molar-refractivity contribution is 0.289. The molecular formula is C17H23N5O2. The topological polar surface area (TPSA) is 81.2 Å². The first-order valence-corrected chi connectivity index (χ1v) is 7.87. The molecule has 128 valence electrons. The van der Waals surface area contributed by atoms with Gasteiger partial charge in [0.1, 0.15) is 23.2 Å². The second-order valence-corrected chi connectivity index (χ2v) is 4.79. The third-order valence-electron chi connectivity index (χ3n) is 3.13. The van der Waals surface area contributed by atoms with Crippen LogP contribution in [0.4, 0.5) is 11.6 Å². The number of nitrogens with one attached hydrogen (secondary N) is 2. The number of rotatable bonds is 4. The van der Waals surface area contributed by atoms with Gasteiger partial charge in [-0.25, -0.2) is 4.98 Å². The van der Waals surface area contributed by atoms with Crippen molar-refractivity contribution in [2.75, 3.05) is 19.2 Å². The Morgan fingerprint density at radius 2 is 1.83 bits per heavy atom. The zero-order chi connectivity index (χ0) is 17.5. The number of aryl methyl sites for hydroxylation is 2. The molecule has 2 heterocycles. The zero-order valence-electron chi connectivity index (χ0n) is 14.7. The molecule has 1 aliphatic heterocycles. The standard InChI is InChI=1S/C15H17N5O2.C2H6/c1-9-17-10(2)19-15(18-9)20-11-4-5-12(13(6-11)21-3)14-7-16-8-22-14;1-2/h4-7,16H,8H2,1-3H3,(H,17,18,19,20);1-2H3. The number of nitrogens with zero attached hydrogens (tertiary/aromatic N) is 3. The Labute approximate surface area is 142 Å². The smallest absolute Gasteiger partial charge is 0.230 e. The molecule has 0 saturated carbocycles. The fraction of sp³-hybridized carbons (Fsp3) is 0.353. The number of hydrogen-bond acceptors (Lipinski definition) is 7. The maximum absolute atomic E-state index is 5.49. The Morgan fingerprint density at radius 1 is 1.12 bits per heavy atom. The number of ether oxygens (including phenoxy) is 2. The third-order valence-corrected chi connectivity index (χ3v) is 3.13. The van der Waals surface area contributed by atoms with E-state index in [4.69, 9.17) is 9.47 Å². The van der Waals surface area contributed by atoms with Gasteiger partial charge in [-0.2, -0.15) is 9.97 Å². The van der Waals surface area contributed by atoms with Crippen molar-refractivity contribution in [2.45, 2.75) is 27.7 Å². The van der Waals surface area contributed by atoms with E-state index in [1.54, 1.807) is 7.11 Å². The fourth-order valence-electron chi connectivity index (χ4n) is 2.22. The van der Waals surface area contributed by atoms with Gasteiger partial charge in [-0.1, -0.05) is 13.8 Å². The summed E-state index contributed by atoms with van der Waals surface area (Å²) in [5, 5.41) is 6.17. The molecule has 1 aromatic heterocycles. The van der Waals surface area contributed by atoms with Crippen LogP contribution in [0.1, 0.15) is 31.1 Å². The molecule has 0 atom stereocenters. The van der Waals surface area contributed by atoms with Crippen molar-refractivity contribution in [3.05, 3.63) is 41.6 Å². The van der Waals surface area contributed by atoms with Gasteiger partial charge >= 0.3 is 0 Å². The highest BCUT2D eigenvalue weighted by Gasteiger charge is 2.14. The highest BCUT2D eigenvalue weighted by molar-refractivity contribution is 5.70. The zero-order valence-corrected chi connectivity index (χ0v) is 14.7. The molecule has 1 aromatic carbocycles. The normalized spacial score (nSPS) is 12.3. The van der Waals surface area contributed by atoms with Crippen molar-refractivity contribution < 1.29 is 9.47 Å². The van der Waals surface area contributed by atoms with Crippen LogP contribution in [0.2, 0.25) is 0 Å². The van der Waals surface area contributed by atoms with Gasteiger partial charge in [-0.05, 0) is 26.0 Å². The number of aromatic nitrogens is 3. The van der Waals surface area contributed by atoms with Gasteiger partial charge in [0.2, 0.25) is 5.95 Å². The number of anilines is 2. The largest absolute Gasteiger partial charge is 0.496 e. The van der Waals surface area contributed by atoms with Crippen molar-refractivity contribution in [1.82, 2.24) is 20.3 Å². The average Bonchev–Trinajstić information content (AvgIpc) is 3.10. The molecule has 24 heavy (non-hydrogen) atoms. The molecule has 7 nitrogen and oxygen atoms in total. The molecule has 1 aliphatic rings.